The van der Waals surface area contributed by atoms with E-state index >= 15 is 0 Å². The van der Waals surface area contributed by atoms with Crippen LogP contribution in [0.2, 0.25) is 0 Å². The van der Waals surface area contributed by atoms with E-state index in [0.29, 0.717) is 5.25 Å². The monoisotopic (exact) mass is 263 g/mol. The summed E-state index contributed by atoms with van der Waals surface area (Å²) in [4.78, 5) is 1.41. The zero-order valence-electron chi connectivity index (χ0n) is 12.0. The van der Waals surface area contributed by atoms with Gasteiger partial charge in [0.2, 0.25) is 0 Å². The Balaban J connectivity index is 1.95. The van der Waals surface area contributed by atoms with Crippen molar-refractivity contribution in [3.8, 4) is 0 Å². The predicted octanol–water partition coefficient (Wildman–Crippen LogP) is 4.38. The normalized spacial score (nSPS) is 17.2. The molecular formula is C16H25NS. The average molecular weight is 263 g/mol. The van der Waals surface area contributed by atoms with Gasteiger partial charge in [0.1, 0.15) is 0 Å². The Bertz CT molecular complexity index is 396. The number of thioether (sulfide) groups is 1. The van der Waals surface area contributed by atoms with Crippen LogP contribution in [0, 0.1) is 12.8 Å². The van der Waals surface area contributed by atoms with Gasteiger partial charge in [0.25, 0.3) is 0 Å². The Hall–Kier alpha value is -0.470. The van der Waals surface area contributed by atoms with Gasteiger partial charge in [-0.15, -0.1) is 11.8 Å². The molecule has 18 heavy (non-hydrogen) atoms. The van der Waals surface area contributed by atoms with Crippen LogP contribution in [-0.4, -0.2) is 11.3 Å². The Labute approximate surface area is 116 Å². The number of hydrogen-bond donors (Lipinski definition) is 1. The second kappa shape index (κ2) is 6.12. The molecule has 2 heteroatoms. The van der Waals surface area contributed by atoms with Crippen molar-refractivity contribution in [2.75, 3.05) is 0 Å². The molecule has 1 aromatic rings. The minimum atomic E-state index is 0.680. The van der Waals surface area contributed by atoms with Crippen LogP contribution >= 0.6 is 11.8 Å². The topological polar surface area (TPSA) is 12.0 Å². The Kier molecular flexibility index (Phi) is 4.74. The zero-order valence-corrected chi connectivity index (χ0v) is 12.8. The van der Waals surface area contributed by atoms with Crippen molar-refractivity contribution in [3.05, 3.63) is 29.3 Å². The molecule has 0 radical (unpaired) electrons. The quantitative estimate of drug-likeness (QED) is 0.764. The van der Waals surface area contributed by atoms with Crippen LogP contribution in [0.1, 0.15) is 44.7 Å². The van der Waals surface area contributed by atoms with Crippen molar-refractivity contribution in [1.29, 1.82) is 0 Å². The molecule has 1 nitrogen and oxygen atoms in total. The highest BCUT2D eigenvalue weighted by Crippen LogP contribution is 2.29. The predicted molar refractivity (Wildman–Crippen MR) is 81.2 cm³/mol. The lowest BCUT2D eigenvalue weighted by atomic mass is 10.1. The van der Waals surface area contributed by atoms with E-state index in [1.165, 1.54) is 28.9 Å². The molecule has 0 bridgehead atoms. The largest absolute Gasteiger partial charge is 0.310 e. The van der Waals surface area contributed by atoms with Crippen molar-refractivity contribution >= 4 is 11.8 Å². The van der Waals surface area contributed by atoms with Gasteiger partial charge >= 0.3 is 0 Å². The van der Waals surface area contributed by atoms with Crippen molar-refractivity contribution in [1.82, 2.24) is 5.32 Å². The number of hydrogen-bond acceptors (Lipinski definition) is 2. The van der Waals surface area contributed by atoms with E-state index in [9.17, 15) is 0 Å². The summed E-state index contributed by atoms with van der Waals surface area (Å²) < 4.78 is 0. The van der Waals surface area contributed by atoms with Gasteiger partial charge in [0.05, 0.1) is 0 Å². The summed E-state index contributed by atoms with van der Waals surface area (Å²) in [5, 5.41) is 4.27. The van der Waals surface area contributed by atoms with E-state index in [1.807, 2.05) is 11.8 Å². The summed E-state index contributed by atoms with van der Waals surface area (Å²) in [6, 6.07) is 7.70. The van der Waals surface area contributed by atoms with Gasteiger partial charge in [-0.1, -0.05) is 26.8 Å². The van der Waals surface area contributed by atoms with E-state index < -0.39 is 0 Å². The lowest BCUT2D eigenvalue weighted by Gasteiger charge is -2.16. The summed E-state index contributed by atoms with van der Waals surface area (Å²) in [7, 11) is 0. The van der Waals surface area contributed by atoms with Crippen LogP contribution in [0.25, 0.3) is 0 Å². The molecule has 1 N–H and O–H groups in total. The van der Waals surface area contributed by atoms with E-state index in [2.05, 4.69) is 51.2 Å². The Morgan fingerprint density at radius 2 is 2.00 bits per heavy atom. The van der Waals surface area contributed by atoms with E-state index in [-0.39, 0.29) is 0 Å². The van der Waals surface area contributed by atoms with Crippen LogP contribution in [0.5, 0.6) is 0 Å². The van der Waals surface area contributed by atoms with Gasteiger partial charge in [-0.25, -0.2) is 0 Å². The second-order valence-corrected chi connectivity index (χ2v) is 7.26. The Morgan fingerprint density at radius 1 is 1.28 bits per heavy atom. The summed E-state index contributed by atoms with van der Waals surface area (Å²) in [5.74, 6) is 0.728. The van der Waals surface area contributed by atoms with Crippen LogP contribution in [0.3, 0.4) is 0 Å². The molecule has 1 aromatic carbocycles. The first-order chi connectivity index (χ1) is 8.56. The highest BCUT2D eigenvalue weighted by molar-refractivity contribution is 8.00. The molecule has 1 atom stereocenters. The first-order valence-corrected chi connectivity index (χ1v) is 7.94. The average Bonchev–Trinajstić information content (AvgIpc) is 3.11. The van der Waals surface area contributed by atoms with Crippen molar-refractivity contribution in [2.24, 2.45) is 5.92 Å². The van der Waals surface area contributed by atoms with Crippen LogP contribution < -0.4 is 5.32 Å². The molecule has 0 aromatic heterocycles. The van der Waals surface area contributed by atoms with E-state index in [1.54, 1.807) is 0 Å². The van der Waals surface area contributed by atoms with Crippen LogP contribution in [0.4, 0.5) is 0 Å². The minimum absolute atomic E-state index is 0.680. The maximum atomic E-state index is 3.59. The van der Waals surface area contributed by atoms with Crippen LogP contribution in [-0.2, 0) is 6.54 Å². The van der Waals surface area contributed by atoms with E-state index in [4.69, 9.17) is 0 Å². The lowest BCUT2D eigenvalue weighted by Crippen LogP contribution is -2.16. The zero-order chi connectivity index (χ0) is 13.1. The molecular weight excluding hydrogens is 238 g/mol. The SMILES string of the molecule is Cc1cc(SC(C)C(C)C)ccc1CNC1CC1. The maximum absolute atomic E-state index is 3.59. The molecule has 0 heterocycles. The highest BCUT2D eigenvalue weighted by Gasteiger charge is 2.20. The first-order valence-electron chi connectivity index (χ1n) is 7.06. The molecule has 1 fully saturated rings. The number of rotatable bonds is 6. The second-order valence-electron chi connectivity index (χ2n) is 5.81. The van der Waals surface area contributed by atoms with Gasteiger partial charge in [0, 0.05) is 22.7 Å². The molecule has 1 saturated carbocycles. The molecule has 0 saturated heterocycles. The molecule has 1 aliphatic rings. The lowest BCUT2D eigenvalue weighted by molar-refractivity contribution is 0.642. The summed E-state index contributed by atoms with van der Waals surface area (Å²) >= 11 is 1.99. The smallest absolute Gasteiger partial charge is 0.0210 e. The summed E-state index contributed by atoms with van der Waals surface area (Å²) in [6.45, 7) is 10.2. The number of benzene rings is 1. The molecule has 1 aliphatic carbocycles. The van der Waals surface area contributed by atoms with Gasteiger partial charge < -0.3 is 5.32 Å². The van der Waals surface area contributed by atoms with Gasteiger partial charge in [-0.2, -0.15) is 0 Å². The van der Waals surface area contributed by atoms with Crippen LogP contribution in [0.15, 0.2) is 23.1 Å². The molecule has 0 aliphatic heterocycles. The van der Waals surface area contributed by atoms with Gasteiger partial charge in [-0.05, 0) is 48.9 Å². The first kappa shape index (κ1) is 14.0. The van der Waals surface area contributed by atoms with Crippen molar-refractivity contribution < 1.29 is 0 Å². The van der Waals surface area contributed by atoms with Gasteiger partial charge in [0.15, 0.2) is 0 Å². The molecule has 1 unspecified atom stereocenters. The fourth-order valence-electron chi connectivity index (χ4n) is 1.83. The minimum Gasteiger partial charge on any atom is -0.310 e. The van der Waals surface area contributed by atoms with Crippen molar-refractivity contribution in [2.45, 2.75) is 63.3 Å². The summed E-state index contributed by atoms with van der Waals surface area (Å²) in [5.41, 5.74) is 2.87. The maximum Gasteiger partial charge on any atom is 0.0210 e. The fourth-order valence-corrected chi connectivity index (χ4v) is 2.93. The number of nitrogens with one attached hydrogen (secondary N) is 1. The van der Waals surface area contributed by atoms with Gasteiger partial charge in [-0.3, -0.25) is 0 Å². The Morgan fingerprint density at radius 3 is 2.56 bits per heavy atom. The van der Waals surface area contributed by atoms with E-state index in [0.717, 1.165) is 18.5 Å². The molecule has 0 spiro atoms. The summed E-state index contributed by atoms with van der Waals surface area (Å²) in [6.07, 6.45) is 2.72. The molecule has 2 rings (SSSR count). The highest BCUT2D eigenvalue weighted by atomic mass is 32.2. The molecule has 100 valence electrons. The third-order valence-electron chi connectivity index (χ3n) is 3.73. The third-order valence-corrected chi connectivity index (χ3v) is 5.18. The van der Waals surface area contributed by atoms with Crippen molar-refractivity contribution in [3.63, 3.8) is 0 Å². The molecule has 0 amide bonds. The fraction of sp³-hybridized carbons (Fsp3) is 0.625. The standard InChI is InChI=1S/C16H25NS/c1-11(2)13(4)18-16-8-5-14(12(3)9-16)10-17-15-6-7-15/h5,8-9,11,13,15,17H,6-7,10H2,1-4H3. The number of aryl methyl sites for hydroxylation is 1. The third kappa shape index (κ3) is 4.03.